The molecule has 31 heavy (non-hydrogen) atoms. The van der Waals surface area contributed by atoms with Crippen molar-refractivity contribution in [1.82, 2.24) is 19.3 Å². The van der Waals surface area contributed by atoms with Crippen LogP contribution in [0, 0.1) is 17.1 Å². The first-order valence-electron chi connectivity index (χ1n) is 9.64. The lowest BCUT2D eigenvalue weighted by atomic mass is 9.83. The molecule has 7 nitrogen and oxygen atoms in total. The minimum atomic E-state index is -0.602. The van der Waals surface area contributed by atoms with Crippen molar-refractivity contribution in [2.24, 2.45) is 0 Å². The second-order valence-corrected chi connectivity index (χ2v) is 7.39. The largest absolute Gasteiger partial charge is 0.503 e. The number of halogens is 1. The van der Waals surface area contributed by atoms with Crippen LogP contribution in [0.15, 0.2) is 71.9 Å². The van der Waals surface area contributed by atoms with Crippen molar-refractivity contribution in [3.8, 4) is 23.3 Å². The van der Waals surface area contributed by atoms with E-state index in [-0.39, 0.29) is 11.5 Å². The number of aromatic hydroxyl groups is 1. The fourth-order valence-electron chi connectivity index (χ4n) is 4.26. The molecule has 3 heterocycles. The van der Waals surface area contributed by atoms with E-state index in [1.54, 1.807) is 41.3 Å². The molecular formula is C23H16FN5O2. The lowest BCUT2D eigenvalue weighted by Gasteiger charge is -2.34. The van der Waals surface area contributed by atoms with Crippen LogP contribution in [0.25, 0.3) is 11.5 Å². The summed E-state index contributed by atoms with van der Waals surface area (Å²) in [6, 6.07) is 15.1. The van der Waals surface area contributed by atoms with E-state index in [2.05, 4.69) is 16.2 Å². The number of hydrogen-bond donors (Lipinski definition) is 1. The third kappa shape index (κ3) is 3.07. The van der Waals surface area contributed by atoms with Crippen LogP contribution < -0.4 is 5.43 Å². The molecule has 0 saturated heterocycles. The van der Waals surface area contributed by atoms with Gasteiger partial charge in [-0.2, -0.15) is 10.4 Å². The molecule has 0 aliphatic carbocycles. The number of imidazole rings is 1. The van der Waals surface area contributed by atoms with Gasteiger partial charge >= 0.3 is 0 Å². The topological polar surface area (TPSA) is 96.7 Å². The second kappa shape index (κ2) is 7.22. The maximum absolute atomic E-state index is 14.2. The van der Waals surface area contributed by atoms with E-state index in [1.807, 2.05) is 16.7 Å². The van der Waals surface area contributed by atoms with Crippen molar-refractivity contribution < 1.29 is 9.50 Å². The predicted octanol–water partition coefficient (Wildman–Crippen LogP) is 3.21. The normalized spacial score (nSPS) is 15.5. The molecule has 0 bridgehead atoms. The van der Waals surface area contributed by atoms with Crippen molar-refractivity contribution in [3.63, 3.8) is 0 Å². The molecule has 0 spiro atoms. The highest BCUT2D eigenvalue weighted by molar-refractivity contribution is 5.60. The van der Waals surface area contributed by atoms with Gasteiger partial charge in [0, 0.05) is 24.9 Å². The third-order valence-corrected chi connectivity index (χ3v) is 5.58. The zero-order valence-corrected chi connectivity index (χ0v) is 16.2. The van der Waals surface area contributed by atoms with E-state index < -0.39 is 23.1 Å². The molecule has 0 amide bonds. The summed E-state index contributed by atoms with van der Waals surface area (Å²) < 4.78 is 17.6. The molecule has 0 fully saturated rings. The first-order valence-corrected chi connectivity index (χ1v) is 9.64. The summed E-state index contributed by atoms with van der Waals surface area (Å²) in [5, 5.41) is 24.2. The Morgan fingerprint density at radius 2 is 1.97 bits per heavy atom. The van der Waals surface area contributed by atoms with Crippen LogP contribution in [0.2, 0.25) is 0 Å². The zero-order valence-electron chi connectivity index (χ0n) is 16.2. The summed E-state index contributed by atoms with van der Waals surface area (Å²) in [4.78, 5) is 16.4. The van der Waals surface area contributed by atoms with Crippen molar-refractivity contribution in [1.29, 1.82) is 5.26 Å². The maximum atomic E-state index is 14.2. The van der Waals surface area contributed by atoms with E-state index in [0.29, 0.717) is 23.5 Å². The molecule has 1 aliphatic heterocycles. The summed E-state index contributed by atoms with van der Waals surface area (Å²) in [6.07, 6.45) is 4.42. The first-order chi connectivity index (χ1) is 15.1. The van der Waals surface area contributed by atoms with Gasteiger partial charge in [-0.25, -0.2) is 9.37 Å². The van der Waals surface area contributed by atoms with Gasteiger partial charge < -0.3 is 9.67 Å². The molecule has 2 atom stereocenters. The Kier molecular flexibility index (Phi) is 4.37. The van der Waals surface area contributed by atoms with Crippen LogP contribution in [0.1, 0.15) is 28.7 Å². The lowest BCUT2D eigenvalue weighted by molar-refractivity contribution is 0.331. The Hall–Kier alpha value is -4.25. The van der Waals surface area contributed by atoms with Crippen LogP contribution in [-0.4, -0.2) is 24.4 Å². The average Bonchev–Trinajstić information content (AvgIpc) is 3.25. The van der Waals surface area contributed by atoms with Crippen LogP contribution >= 0.6 is 0 Å². The van der Waals surface area contributed by atoms with Crippen molar-refractivity contribution in [2.75, 3.05) is 0 Å². The second-order valence-electron chi connectivity index (χ2n) is 7.39. The molecule has 4 aromatic rings. The molecule has 0 radical (unpaired) electrons. The van der Waals surface area contributed by atoms with Crippen molar-refractivity contribution >= 4 is 0 Å². The van der Waals surface area contributed by atoms with Gasteiger partial charge in [0.15, 0.2) is 11.6 Å². The van der Waals surface area contributed by atoms with Crippen molar-refractivity contribution in [2.45, 2.75) is 18.5 Å². The van der Waals surface area contributed by atoms with Gasteiger partial charge in [-0.15, -0.1) is 0 Å². The fraction of sp³-hybridized carbons (Fsp3) is 0.130. The smallest absolute Gasteiger partial charge is 0.242 e. The first kappa shape index (κ1) is 18.8. The van der Waals surface area contributed by atoms with Crippen LogP contribution in [-0.2, 0) is 6.54 Å². The molecule has 152 valence electrons. The number of benzene rings is 2. The molecule has 8 heteroatoms. The summed E-state index contributed by atoms with van der Waals surface area (Å²) in [5.74, 6) is -0.791. The summed E-state index contributed by atoms with van der Waals surface area (Å²) in [7, 11) is 0. The monoisotopic (exact) mass is 413 g/mol. The number of nitriles is 1. The number of aromatic nitrogens is 4. The van der Waals surface area contributed by atoms with E-state index in [1.165, 1.54) is 12.1 Å². The molecule has 1 aliphatic rings. The number of rotatable bonds is 3. The van der Waals surface area contributed by atoms with Gasteiger partial charge in [-0.05, 0) is 35.4 Å². The minimum absolute atomic E-state index is 0.214. The van der Waals surface area contributed by atoms with Crippen LogP contribution in [0.3, 0.4) is 0 Å². The highest BCUT2D eigenvalue weighted by atomic mass is 19.1. The van der Waals surface area contributed by atoms with E-state index >= 15 is 0 Å². The Bertz CT molecular complexity index is 1400. The van der Waals surface area contributed by atoms with Gasteiger partial charge in [0.25, 0.3) is 0 Å². The minimum Gasteiger partial charge on any atom is -0.503 e. The number of fused-ring (bicyclic) bond motifs is 3. The SMILES string of the molecule is N#Cc1cccc(C(c2cccc(F)c2)[C@H]2Cn3ccnc3-c3c(O)c(=O)cnn32)c1. The van der Waals surface area contributed by atoms with Crippen LogP contribution in [0.5, 0.6) is 5.75 Å². The van der Waals surface area contributed by atoms with Gasteiger partial charge in [-0.1, -0.05) is 24.3 Å². The van der Waals surface area contributed by atoms with Crippen LogP contribution in [0.4, 0.5) is 4.39 Å². The fourth-order valence-corrected chi connectivity index (χ4v) is 4.26. The van der Waals surface area contributed by atoms with E-state index in [0.717, 1.165) is 11.8 Å². The third-order valence-electron chi connectivity index (χ3n) is 5.58. The summed E-state index contributed by atoms with van der Waals surface area (Å²) in [5.41, 5.74) is 1.58. The highest BCUT2D eigenvalue weighted by Crippen LogP contribution is 2.42. The molecule has 5 rings (SSSR count). The average molecular weight is 413 g/mol. The van der Waals surface area contributed by atoms with E-state index in [4.69, 9.17) is 0 Å². The van der Waals surface area contributed by atoms with Gasteiger partial charge in [0.1, 0.15) is 11.5 Å². The highest BCUT2D eigenvalue weighted by Gasteiger charge is 2.35. The molecule has 0 saturated carbocycles. The molecule has 1 N–H and O–H groups in total. The number of nitrogens with zero attached hydrogens (tertiary/aromatic N) is 5. The summed E-state index contributed by atoms with van der Waals surface area (Å²) >= 11 is 0. The summed E-state index contributed by atoms with van der Waals surface area (Å²) in [6.45, 7) is 0.426. The molecule has 2 aromatic carbocycles. The van der Waals surface area contributed by atoms with Gasteiger partial charge in [0.2, 0.25) is 5.43 Å². The Morgan fingerprint density at radius 3 is 2.74 bits per heavy atom. The van der Waals surface area contributed by atoms with Gasteiger partial charge in [0.05, 0.1) is 23.9 Å². The number of hydrogen-bond acceptors (Lipinski definition) is 5. The predicted molar refractivity (Wildman–Crippen MR) is 110 cm³/mol. The molecule has 2 aromatic heterocycles. The van der Waals surface area contributed by atoms with Gasteiger partial charge in [-0.3, -0.25) is 9.48 Å². The maximum Gasteiger partial charge on any atom is 0.242 e. The Morgan fingerprint density at radius 1 is 1.19 bits per heavy atom. The van der Waals surface area contributed by atoms with E-state index in [9.17, 15) is 19.6 Å². The Labute approximate surface area is 176 Å². The molecular weight excluding hydrogens is 397 g/mol. The zero-order chi connectivity index (χ0) is 21.5. The standard InChI is InChI=1S/C23H16FN5O2/c24-17-6-2-5-16(10-17)20(15-4-1-3-14(9-15)11-25)18-13-28-8-7-26-23(28)21-22(31)19(30)12-27-29(18)21/h1-10,12,18,20,31H,13H2/t18-,20?/m1/s1. The quantitative estimate of drug-likeness (QED) is 0.556. The lowest BCUT2D eigenvalue weighted by Crippen LogP contribution is -2.32. The van der Waals surface area contributed by atoms with Crippen molar-refractivity contribution in [3.05, 3.63) is 99.9 Å². The molecule has 1 unspecified atom stereocenters. The Balaban J connectivity index is 1.77.